The number of hydrogen-bond acceptors (Lipinski definition) is 5. The van der Waals surface area contributed by atoms with Crippen LogP contribution in [0.15, 0.2) is 12.4 Å². The van der Waals surface area contributed by atoms with Crippen LogP contribution in [0.3, 0.4) is 0 Å². The highest BCUT2D eigenvalue weighted by Crippen LogP contribution is 2.24. The Morgan fingerprint density at radius 3 is 3.00 bits per heavy atom. The van der Waals surface area contributed by atoms with Crippen LogP contribution in [0.1, 0.15) is 24.1 Å². The van der Waals surface area contributed by atoms with E-state index in [4.69, 9.17) is 4.74 Å². The van der Waals surface area contributed by atoms with E-state index in [9.17, 15) is 0 Å². The van der Waals surface area contributed by atoms with Crippen molar-refractivity contribution in [2.45, 2.75) is 32.7 Å². The third-order valence-corrected chi connectivity index (χ3v) is 3.43. The number of fused-ring (bicyclic) bond motifs is 1. The molecule has 1 atom stereocenters. The first kappa shape index (κ1) is 12.3. The molecule has 5 heteroatoms. The summed E-state index contributed by atoms with van der Waals surface area (Å²) in [4.78, 5) is 13.1. The minimum absolute atomic E-state index is 0.326. The van der Waals surface area contributed by atoms with Crippen molar-refractivity contribution in [3.63, 3.8) is 0 Å². The monoisotopic (exact) mass is 258 g/mol. The molecule has 0 saturated carbocycles. The molecule has 0 aliphatic carbocycles. The van der Waals surface area contributed by atoms with Gasteiger partial charge >= 0.3 is 0 Å². The van der Waals surface area contributed by atoms with Crippen LogP contribution in [-0.4, -0.2) is 34.2 Å². The number of aryl methyl sites for hydroxylation is 2. The molecule has 3 rings (SSSR count). The lowest BCUT2D eigenvalue weighted by molar-refractivity contribution is 0.0875. The van der Waals surface area contributed by atoms with E-state index >= 15 is 0 Å². The van der Waals surface area contributed by atoms with E-state index in [2.05, 4.69) is 33.3 Å². The van der Waals surface area contributed by atoms with Crippen molar-refractivity contribution in [2.75, 3.05) is 18.5 Å². The first-order valence-electron chi connectivity index (χ1n) is 6.67. The van der Waals surface area contributed by atoms with E-state index in [1.165, 1.54) is 0 Å². The minimum atomic E-state index is 0.326. The molecule has 100 valence electrons. The summed E-state index contributed by atoms with van der Waals surface area (Å²) in [7, 11) is 0. The summed E-state index contributed by atoms with van der Waals surface area (Å²) in [5.41, 5.74) is 2.89. The summed E-state index contributed by atoms with van der Waals surface area (Å²) >= 11 is 0. The quantitative estimate of drug-likeness (QED) is 0.895. The second kappa shape index (κ2) is 5.09. The van der Waals surface area contributed by atoms with Gasteiger partial charge in [-0.25, -0.2) is 15.0 Å². The van der Waals surface area contributed by atoms with Crippen molar-refractivity contribution in [1.82, 2.24) is 15.0 Å². The van der Waals surface area contributed by atoms with E-state index in [1.54, 1.807) is 6.33 Å². The predicted molar refractivity (Wildman–Crippen MR) is 74.3 cm³/mol. The van der Waals surface area contributed by atoms with Crippen LogP contribution in [0.4, 0.5) is 5.82 Å². The number of hydrogen-bond donors (Lipinski definition) is 1. The van der Waals surface area contributed by atoms with Crippen LogP contribution < -0.4 is 5.32 Å². The van der Waals surface area contributed by atoms with Crippen molar-refractivity contribution in [3.8, 4) is 0 Å². The summed E-state index contributed by atoms with van der Waals surface area (Å²) in [6.07, 6.45) is 3.78. The van der Waals surface area contributed by atoms with Crippen LogP contribution in [0.2, 0.25) is 0 Å². The lowest BCUT2D eigenvalue weighted by Gasteiger charge is -2.24. The van der Waals surface area contributed by atoms with Gasteiger partial charge in [0, 0.05) is 12.3 Å². The number of rotatable bonds is 2. The highest BCUT2D eigenvalue weighted by atomic mass is 16.5. The van der Waals surface area contributed by atoms with Gasteiger partial charge in [-0.2, -0.15) is 0 Å². The van der Waals surface area contributed by atoms with Crippen molar-refractivity contribution in [1.29, 1.82) is 0 Å². The Hall–Kier alpha value is -1.75. The molecule has 0 aromatic carbocycles. The molecule has 19 heavy (non-hydrogen) atoms. The largest absolute Gasteiger partial charge is 0.379 e. The van der Waals surface area contributed by atoms with Crippen molar-refractivity contribution in [3.05, 3.63) is 23.7 Å². The summed E-state index contributed by atoms with van der Waals surface area (Å²) < 4.78 is 5.49. The highest BCUT2D eigenvalue weighted by molar-refractivity contribution is 5.89. The van der Waals surface area contributed by atoms with Gasteiger partial charge in [-0.15, -0.1) is 0 Å². The van der Waals surface area contributed by atoms with Crippen molar-refractivity contribution >= 4 is 16.9 Å². The van der Waals surface area contributed by atoms with Gasteiger partial charge in [0.25, 0.3) is 0 Å². The Kier molecular flexibility index (Phi) is 3.29. The smallest absolute Gasteiger partial charge is 0.165 e. The maximum atomic E-state index is 5.49. The molecule has 0 amide bonds. The standard InChI is InChI=1S/C14H18N4O/c1-9-6-10(2)17-13-12(9)14(16-8-15-13)18-11-4-3-5-19-7-11/h6,8,11H,3-5,7H2,1-2H3,(H,15,16,17,18)/t11-/m0/s1. The number of pyridine rings is 1. The van der Waals surface area contributed by atoms with Gasteiger partial charge in [0.15, 0.2) is 5.65 Å². The molecular formula is C14H18N4O. The molecule has 1 aliphatic rings. The number of aromatic nitrogens is 3. The maximum absolute atomic E-state index is 5.49. The number of anilines is 1. The molecule has 3 heterocycles. The molecule has 0 radical (unpaired) electrons. The molecule has 1 saturated heterocycles. The molecule has 0 bridgehead atoms. The summed E-state index contributed by atoms with van der Waals surface area (Å²) in [5.74, 6) is 0.866. The zero-order valence-corrected chi connectivity index (χ0v) is 11.3. The summed E-state index contributed by atoms with van der Waals surface area (Å²) in [6, 6.07) is 2.39. The molecule has 1 fully saturated rings. The van der Waals surface area contributed by atoms with Crippen LogP contribution in [0.5, 0.6) is 0 Å². The molecule has 1 N–H and O–H groups in total. The van der Waals surface area contributed by atoms with E-state index < -0.39 is 0 Å². The number of ether oxygens (including phenoxy) is 1. The normalized spacial score (nSPS) is 19.6. The van der Waals surface area contributed by atoms with E-state index in [0.29, 0.717) is 6.04 Å². The first-order chi connectivity index (χ1) is 9.24. The van der Waals surface area contributed by atoms with Gasteiger partial charge in [0.2, 0.25) is 0 Å². The fourth-order valence-electron chi connectivity index (χ4n) is 2.57. The number of nitrogens with zero attached hydrogens (tertiary/aromatic N) is 3. The number of nitrogens with one attached hydrogen (secondary N) is 1. The van der Waals surface area contributed by atoms with Crippen LogP contribution in [0, 0.1) is 13.8 Å². The lowest BCUT2D eigenvalue weighted by atomic mass is 10.1. The fourth-order valence-corrected chi connectivity index (χ4v) is 2.57. The van der Waals surface area contributed by atoms with Gasteiger partial charge in [-0.1, -0.05) is 0 Å². The topological polar surface area (TPSA) is 59.9 Å². The Balaban J connectivity index is 1.98. The van der Waals surface area contributed by atoms with Crippen molar-refractivity contribution < 1.29 is 4.74 Å². The molecule has 1 aliphatic heterocycles. The Labute approximate surface area is 112 Å². The summed E-state index contributed by atoms with van der Waals surface area (Å²) in [5, 5.41) is 4.48. The maximum Gasteiger partial charge on any atom is 0.165 e. The van der Waals surface area contributed by atoms with Crippen LogP contribution in [0.25, 0.3) is 11.0 Å². The third kappa shape index (κ3) is 2.51. The average Bonchev–Trinajstić information content (AvgIpc) is 2.39. The summed E-state index contributed by atoms with van der Waals surface area (Å²) in [6.45, 7) is 5.66. The second-order valence-electron chi connectivity index (χ2n) is 5.06. The Morgan fingerprint density at radius 1 is 1.32 bits per heavy atom. The van der Waals surface area contributed by atoms with E-state index in [-0.39, 0.29) is 0 Å². The zero-order chi connectivity index (χ0) is 13.2. The molecule has 2 aromatic heterocycles. The van der Waals surface area contributed by atoms with Crippen LogP contribution >= 0.6 is 0 Å². The third-order valence-electron chi connectivity index (χ3n) is 3.43. The molecular weight excluding hydrogens is 240 g/mol. The van der Waals surface area contributed by atoms with Gasteiger partial charge < -0.3 is 10.1 Å². The van der Waals surface area contributed by atoms with Crippen LogP contribution in [-0.2, 0) is 4.74 Å². The molecule has 0 unspecified atom stereocenters. The highest BCUT2D eigenvalue weighted by Gasteiger charge is 2.16. The van der Waals surface area contributed by atoms with Gasteiger partial charge in [0.05, 0.1) is 18.0 Å². The Bertz CT molecular complexity index is 593. The van der Waals surface area contributed by atoms with Gasteiger partial charge in [0.1, 0.15) is 12.1 Å². The zero-order valence-electron chi connectivity index (χ0n) is 11.3. The second-order valence-corrected chi connectivity index (χ2v) is 5.06. The predicted octanol–water partition coefficient (Wildman–Crippen LogP) is 2.23. The lowest BCUT2D eigenvalue weighted by Crippen LogP contribution is -2.30. The van der Waals surface area contributed by atoms with E-state index in [0.717, 1.165) is 54.2 Å². The van der Waals surface area contributed by atoms with Gasteiger partial charge in [-0.05, 0) is 38.3 Å². The minimum Gasteiger partial charge on any atom is -0.379 e. The SMILES string of the molecule is Cc1cc(C)c2c(N[C@H]3CCCOC3)ncnc2n1. The van der Waals surface area contributed by atoms with E-state index in [1.807, 2.05) is 6.92 Å². The molecule has 5 nitrogen and oxygen atoms in total. The molecule has 0 spiro atoms. The molecule has 2 aromatic rings. The fraction of sp³-hybridized carbons (Fsp3) is 0.500. The average molecular weight is 258 g/mol. The Morgan fingerprint density at radius 2 is 2.21 bits per heavy atom. The van der Waals surface area contributed by atoms with Gasteiger partial charge in [-0.3, -0.25) is 0 Å². The first-order valence-corrected chi connectivity index (χ1v) is 6.67. The van der Waals surface area contributed by atoms with Crippen molar-refractivity contribution in [2.24, 2.45) is 0 Å².